The lowest BCUT2D eigenvalue weighted by Crippen LogP contribution is -2.40. The van der Waals surface area contributed by atoms with E-state index in [1.807, 2.05) is 59.5 Å². The number of anilines is 2. The third kappa shape index (κ3) is 5.12. The predicted molar refractivity (Wildman–Crippen MR) is 111 cm³/mol. The molecule has 0 aliphatic carbocycles. The molecule has 2 aromatic carbocycles. The minimum absolute atomic E-state index is 0.00316. The molecule has 2 heterocycles. The molecule has 3 aromatic rings. The topological polar surface area (TPSA) is 63.7 Å². The summed E-state index contributed by atoms with van der Waals surface area (Å²) < 4.78 is 11.1. The maximum Gasteiger partial charge on any atom is 0.254 e. The second kappa shape index (κ2) is 9.21. The van der Waals surface area contributed by atoms with Crippen LogP contribution in [0.1, 0.15) is 15.9 Å². The van der Waals surface area contributed by atoms with Crippen LogP contribution in [0.4, 0.5) is 11.5 Å². The molecule has 29 heavy (non-hydrogen) atoms. The van der Waals surface area contributed by atoms with E-state index >= 15 is 0 Å². The van der Waals surface area contributed by atoms with Gasteiger partial charge in [-0.25, -0.2) is 4.98 Å². The van der Waals surface area contributed by atoms with Gasteiger partial charge in [-0.3, -0.25) is 4.79 Å². The molecule has 1 amide bonds. The van der Waals surface area contributed by atoms with E-state index in [1.54, 1.807) is 18.3 Å². The second-order valence-corrected chi connectivity index (χ2v) is 6.76. The molecule has 1 N–H and O–H groups in total. The van der Waals surface area contributed by atoms with Crippen molar-refractivity contribution < 1.29 is 14.3 Å². The van der Waals surface area contributed by atoms with Crippen molar-refractivity contribution in [3.63, 3.8) is 0 Å². The van der Waals surface area contributed by atoms with Gasteiger partial charge in [0.2, 0.25) is 0 Å². The number of pyridine rings is 1. The van der Waals surface area contributed by atoms with E-state index in [9.17, 15) is 4.79 Å². The summed E-state index contributed by atoms with van der Waals surface area (Å²) in [6, 6.07) is 21.2. The van der Waals surface area contributed by atoms with E-state index in [0.29, 0.717) is 44.3 Å². The Kier molecular flexibility index (Phi) is 6.02. The molecule has 0 spiro atoms. The number of carbonyl (C=O) groups is 1. The molecule has 1 aromatic heterocycles. The molecule has 1 aliphatic rings. The Labute approximate surface area is 170 Å². The fraction of sp³-hybridized carbons (Fsp3) is 0.217. The van der Waals surface area contributed by atoms with Crippen LogP contribution in [0.2, 0.25) is 0 Å². The van der Waals surface area contributed by atoms with Gasteiger partial charge in [-0.1, -0.05) is 30.3 Å². The molecule has 0 bridgehead atoms. The highest BCUT2D eigenvalue weighted by Gasteiger charge is 2.18. The zero-order chi connectivity index (χ0) is 19.9. The first kappa shape index (κ1) is 19.0. The third-order valence-electron chi connectivity index (χ3n) is 4.68. The standard InChI is InChI=1S/C23H23N3O3/c27-23(26-12-14-28-15-13-26)19-10-11-24-22(16-19)25-20-6-8-21(9-7-20)29-17-18-4-2-1-3-5-18/h1-11,16H,12-15,17H2,(H,24,25). The molecule has 1 aliphatic heterocycles. The highest BCUT2D eigenvalue weighted by Crippen LogP contribution is 2.21. The molecule has 148 valence electrons. The normalized spacial score (nSPS) is 13.7. The number of nitrogens with zero attached hydrogens (tertiary/aromatic N) is 2. The summed E-state index contributed by atoms with van der Waals surface area (Å²) in [6.45, 7) is 2.94. The zero-order valence-electron chi connectivity index (χ0n) is 16.1. The summed E-state index contributed by atoms with van der Waals surface area (Å²) >= 11 is 0. The van der Waals surface area contributed by atoms with Crippen molar-refractivity contribution >= 4 is 17.4 Å². The van der Waals surface area contributed by atoms with Gasteiger partial charge >= 0.3 is 0 Å². The van der Waals surface area contributed by atoms with Crippen molar-refractivity contribution in [3.05, 3.63) is 84.1 Å². The summed E-state index contributed by atoms with van der Waals surface area (Å²) in [5, 5.41) is 3.24. The summed E-state index contributed by atoms with van der Waals surface area (Å²) in [5.74, 6) is 1.43. The molecular weight excluding hydrogens is 366 g/mol. The van der Waals surface area contributed by atoms with E-state index < -0.39 is 0 Å². The van der Waals surface area contributed by atoms with Gasteiger partial charge in [0.1, 0.15) is 18.2 Å². The Morgan fingerprint density at radius 3 is 2.55 bits per heavy atom. The van der Waals surface area contributed by atoms with Gasteiger partial charge < -0.3 is 19.7 Å². The minimum atomic E-state index is 0.00316. The van der Waals surface area contributed by atoms with Crippen LogP contribution < -0.4 is 10.1 Å². The fourth-order valence-corrected chi connectivity index (χ4v) is 3.10. The SMILES string of the molecule is O=C(c1ccnc(Nc2ccc(OCc3ccccc3)cc2)c1)N1CCOCC1. The number of carbonyl (C=O) groups excluding carboxylic acids is 1. The van der Waals surface area contributed by atoms with Crippen LogP contribution in [-0.2, 0) is 11.3 Å². The number of hydrogen-bond acceptors (Lipinski definition) is 5. The van der Waals surface area contributed by atoms with Crippen molar-refractivity contribution in [2.45, 2.75) is 6.61 Å². The molecule has 0 radical (unpaired) electrons. The van der Waals surface area contributed by atoms with Crippen molar-refractivity contribution in [2.24, 2.45) is 0 Å². The first-order valence-electron chi connectivity index (χ1n) is 9.65. The summed E-state index contributed by atoms with van der Waals surface area (Å²) in [6.07, 6.45) is 1.65. The number of amides is 1. The molecular formula is C23H23N3O3. The lowest BCUT2D eigenvalue weighted by Gasteiger charge is -2.26. The summed E-state index contributed by atoms with van der Waals surface area (Å²) in [7, 11) is 0. The molecule has 0 saturated carbocycles. The smallest absolute Gasteiger partial charge is 0.254 e. The van der Waals surface area contributed by atoms with Crippen molar-refractivity contribution in [2.75, 3.05) is 31.6 Å². The van der Waals surface area contributed by atoms with Crippen LogP contribution >= 0.6 is 0 Å². The van der Waals surface area contributed by atoms with Gasteiger partial charge in [0, 0.05) is 30.5 Å². The molecule has 6 heteroatoms. The van der Waals surface area contributed by atoms with Crippen LogP contribution in [0.3, 0.4) is 0 Å². The quantitative estimate of drug-likeness (QED) is 0.693. The van der Waals surface area contributed by atoms with Gasteiger partial charge in [0.25, 0.3) is 5.91 Å². The second-order valence-electron chi connectivity index (χ2n) is 6.76. The Morgan fingerprint density at radius 2 is 1.79 bits per heavy atom. The first-order chi connectivity index (χ1) is 14.3. The zero-order valence-corrected chi connectivity index (χ0v) is 16.1. The average molecular weight is 389 g/mol. The van der Waals surface area contributed by atoms with Gasteiger partial charge in [-0.2, -0.15) is 0 Å². The highest BCUT2D eigenvalue weighted by molar-refractivity contribution is 5.95. The Hall–Kier alpha value is -3.38. The van der Waals surface area contributed by atoms with Crippen molar-refractivity contribution in [3.8, 4) is 5.75 Å². The van der Waals surface area contributed by atoms with Gasteiger partial charge in [0.05, 0.1) is 13.2 Å². The molecule has 4 rings (SSSR count). The van der Waals surface area contributed by atoms with Crippen molar-refractivity contribution in [1.29, 1.82) is 0 Å². The number of morpholine rings is 1. The van der Waals surface area contributed by atoms with E-state index in [1.165, 1.54) is 0 Å². The number of rotatable bonds is 6. The van der Waals surface area contributed by atoms with E-state index in [4.69, 9.17) is 9.47 Å². The van der Waals surface area contributed by atoms with E-state index in [2.05, 4.69) is 10.3 Å². The van der Waals surface area contributed by atoms with Crippen LogP contribution in [-0.4, -0.2) is 42.1 Å². The lowest BCUT2D eigenvalue weighted by molar-refractivity contribution is 0.0303. The largest absolute Gasteiger partial charge is 0.489 e. The Bertz CT molecular complexity index is 939. The summed E-state index contributed by atoms with van der Waals surface area (Å²) in [5.41, 5.74) is 2.62. The van der Waals surface area contributed by atoms with Crippen LogP contribution in [0, 0.1) is 0 Å². The number of nitrogens with one attached hydrogen (secondary N) is 1. The molecule has 0 atom stereocenters. The summed E-state index contributed by atoms with van der Waals surface area (Å²) in [4.78, 5) is 18.8. The molecule has 0 unspecified atom stereocenters. The predicted octanol–water partition coefficient (Wildman–Crippen LogP) is 3.88. The monoisotopic (exact) mass is 389 g/mol. The van der Waals surface area contributed by atoms with Crippen LogP contribution in [0.15, 0.2) is 72.9 Å². The molecule has 1 saturated heterocycles. The van der Waals surface area contributed by atoms with Gasteiger partial charge in [-0.05, 0) is 42.0 Å². The van der Waals surface area contributed by atoms with Gasteiger partial charge in [-0.15, -0.1) is 0 Å². The van der Waals surface area contributed by atoms with E-state index in [0.717, 1.165) is 17.0 Å². The van der Waals surface area contributed by atoms with Crippen LogP contribution in [0.5, 0.6) is 5.75 Å². The minimum Gasteiger partial charge on any atom is -0.489 e. The molecule has 6 nitrogen and oxygen atoms in total. The lowest BCUT2D eigenvalue weighted by atomic mass is 10.2. The molecule has 1 fully saturated rings. The maximum absolute atomic E-state index is 12.6. The highest BCUT2D eigenvalue weighted by atomic mass is 16.5. The number of hydrogen-bond donors (Lipinski definition) is 1. The Balaban J connectivity index is 1.37. The third-order valence-corrected chi connectivity index (χ3v) is 4.68. The fourth-order valence-electron chi connectivity index (χ4n) is 3.10. The number of aromatic nitrogens is 1. The van der Waals surface area contributed by atoms with Crippen LogP contribution in [0.25, 0.3) is 0 Å². The maximum atomic E-state index is 12.6. The first-order valence-corrected chi connectivity index (χ1v) is 9.65. The van der Waals surface area contributed by atoms with E-state index in [-0.39, 0.29) is 5.91 Å². The van der Waals surface area contributed by atoms with Crippen molar-refractivity contribution in [1.82, 2.24) is 9.88 Å². The average Bonchev–Trinajstić information content (AvgIpc) is 2.79. The number of benzene rings is 2. The van der Waals surface area contributed by atoms with Gasteiger partial charge in [0.15, 0.2) is 0 Å². The Morgan fingerprint density at radius 1 is 1.03 bits per heavy atom. The number of ether oxygens (including phenoxy) is 2.